The van der Waals surface area contributed by atoms with Crippen LogP contribution in [0, 0.1) is 0 Å². The second kappa shape index (κ2) is 14.0. The first-order valence-corrected chi connectivity index (χ1v) is 15.9. The lowest BCUT2D eigenvalue weighted by molar-refractivity contribution is 0.0152. The van der Waals surface area contributed by atoms with Crippen LogP contribution in [-0.4, -0.2) is 99.6 Å². The summed E-state index contributed by atoms with van der Waals surface area (Å²) in [7, 11) is 1.66. The number of hydrogen-bond acceptors (Lipinski definition) is 9. The Bertz CT molecular complexity index is 1700. The highest BCUT2D eigenvalue weighted by atomic mass is 16.6. The van der Waals surface area contributed by atoms with Gasteiger partial charge in [0.15, 0.2) is 5.82 Å². The van der Waals surface area contributed by atoms with Gasteiger partial charge >= 0.3 is 12.2 Å². The summed E-state index contributed by atoms with van der Waals surface area (Å²) in [6.45, 7) is 14.5. The topological polar surface area (TPSA) is 126 Å². The number of pyridine rings is 1. The van der Waals surface area contributed by atoms with Gasteiger partial charge in [0.1, 0.15) is 22.7 Å². The average Bonchev–Trinajstić information content (AvgIpc) is 3.51. The summed E-state index contributed by atoms with van der Waals surface area (Å²) in [6, 6.07) is 13.9. The number of aromatic amines is 1. The smallest absolute Gasteiger partial charge is 0.410 e. The number of benzene rings is 1. The lowest BCUT2D eigenvalue weighted by Gasteiger charge is -2.30. The van der Waals surface area contributed by atoms with Crippen LogP contribution in [0.5, 0.6) is 0 Å². The van der Waals surface area contributed by atoms with Crippen LogP contribution in [0.1, 0.15) is 47.1 Å². The number of rotatable bonds is 8. The number of H-pyrrole nitrogens is 1. The molecular weight excluding hydrogens is 598 g/mol. The van der Waals surface area contributed by atoms with E-state index in [9.17, 15) is 9.59 Å². The summed E-state index contributed by atoms with van der Waals surface area (Å²) >= 11 is 0. The summed E-state index contributed by atoms with van der Waals surface area (Å²) in [4.78, 5) is 48.9. The highest BCUT2D eigenvalue weighted by Gasteiger charge is 2.25. The molecule has 3 aromatic heterocycles. The molecule has 1 fully saturated rings. The number of nitrogens with one attached hydrogen (secondary N) is 1. The number of hydrogen-bond donors (Lipinski definition) is 1. The molecule has 0 unspecified atom stereocenters. The minimum Gasteiger partial charge on any atom is -0.444 e. The van der Waals surface area contributed by atoms with E-state index in [-0.39, 0.29) is 19.6 Å². The zero-order valence-electron chi connectivity index (χ0n) is 28.4. The van der Waals surface area contributed by atoms with Gasteiger partial charge in [0, 0.05) is 74.7 Å². The Hall–Kier alpha value is -4.71. The van der Waals surface area contributed by atoms with Crippen molar-refractivity contribution in [2.45, 2.75) is 59.3 Å². The fourth-order valence-electron chi connectivity index (χ4n) is 5.13. The van der Waals surface area contributed by atoms with Crippen molar-refractivity contribution < 1.29 is 23.8 Å². The van der Waals surface area contributed by atoms with Gasteiger partial charge in [-0.25, -0.2) is 24.5 Å². The van der Waals surface area contributed by atoms with E-state index in [1.54, 1.807) is 18.1 Å². The molecule has 12 nitrogen and oxygen atoms in total. The van der Waals surface area contributed by atoms with Gasteiger partial charge in [-0.3, -0.25) is 0 Å². The third-order valence-corrected chi connectivity index (χ3v) is 7.41. The lowest BCUT2D eigenvalue weighted by Crippen LogP contribution is -2.42. The van der Waals surface area contributed by atoms with Gasteiger partial charge in [0.2, 0.25) is 0 Å². The molecule has 1 saturated heterocycles. The van der Waals surface area contributed by atoms with Crippen LogP contribution in [0.3, 0.4) is 0 Å². The van der Waals surface area contributed by atoms with Crippen molar-refractivity contribution in [1.82, 2.24) is 29.7 Å². The Balaban J connectivity index is 1.45. The van der Waals surface area contributed by atoms with Crippen molar-refractivity contribution in [2.75, 3.05) is 51.3 Å². The first-order chi connectivity index (χ1) is 22.3. The number of aromatic nitrogens is 4. The monoisotopic (exact) mass is 643 g/mol. The third-order valence-electron chi connectivity index (χ3n) is 7.41. The molecule has 5 rings (SSSR count). The second-order valence-corrected chi connectivity index (χ2v) is 13.6. The van der Waals surface area contributed by atoms with Gasteiger partial charge in [-0.2, -0.15) is 0 Å². The molecule has 1 aliphatic heterocycles. The SMILES string of the molecule is CN(CCN(Cc1cccc(-c2cc(N3CCOCC3)nc(-c3ccnc4[nH]ccc34)n2)c1)C(=O)OC(C)(C)C)C(=O)OC(C)(C)C. The summed E-state index contributed by atoms with van der Waals surface area (Å²) in [5.74, 6) is 1.42. The molecule has 250 valence electrons. The predicted molar refractivity (Wildman–Crippen MR) is 181 cm³/mol. The highest BCUT2D eigenvalue weighted by molar-refractivity contribution is 5.91. The average molecular weight is 644 g/mol. The van der Waals surface area contributed by atoms with Crippen molar-refractivity contribution in [2.24, 2.45) is 0 Å². The van der Waals surface area contributed by atoms with Crippen molar-refractivity contribution in [1.29, 1.82) is 0 Å². The molecule has 0 bridgehead atoms. The van der Waals surface area contributed by atoms with E-state index >= 15 is 0 Å². The molecule has 1 aromatic carbocycles. The summed E-state index contributed by atoms with van der Waals surface area (Å²) in [6.07, 6.45) is 2.70. The van der Waals surface area contributed by atoms with Crippen LogP contribution in [-0.2, 0) is 20.8 Å². The lowest BCUT2D eigenvalue weighted by atomic mass is 10.1. The fraction of sp³-hybridized carbons (Fsp3) is 0.457. The Kier molecular flexibility index (Phi) is 9.99. The van der Waals surface area contributed by atoms with Crippen molar-refractivity contribution in [3.05, 3.63) is 60.4 Å². The Morgan fingerprint density at radius 2 is 1.66 bits per heavy atom. The maximum absolute atomic E-state index is 13.4. The predicted octanol–water partition coefficient (Wildman–Crippen LogP) is 6.13. The molecule has 2 amide bonds. The van der Waals surface area contributed by atoms with Gasteiger partial charge in [0.05, 0.1) is 18.9 Å². The molecule has 1 aliphatic rings. The Morgan fingerprint density at radius 1 is 0.936 bits per heavy atom. The molecule has 12 heteroatoms. The van der Waals surface area contributed by atoms with E-state index in [1.807, 2.05) is 90.2 Å². The molecule has 4 heterocycles. The Labute approximate surface area is 276 Å². The zero-order chi connectivity index (χ0) is 33.8. The van der Waals surface area contributed by atoms with Crippen molar-refractivity contribution in [3.8, 4) is 22.6 Å². The van der Waals surface area contributed by atoms with Gasteiger partial charge in [-0.15, -0.1) is 0 Å². The van der Waals surface area contributed by atoms with Gasteiger partial charge in [-0.1, -0.05) is 18.2 Å². The quantitative estimate of drug-likeness (QED) is 0.241. The number of carbonyl (C=O) groups is 2. The molecule has 0 atom stereocenters. The molecular formula is C35H45N7O5. The number of ether oxygens (including phenoxy) is 3. The van der Waals surface area contributed by atoms with Crippen LogP contribution >= 0.6 is 0 Å². The number of nitrogens with zero attached hydrogens (tertiary/aromatic N) is 6. The number of anilines is 1. The maximum Gasteiger partial charge on any atom is 0.410 e. The molecule has 1 N–H and O–H groups in total. The van der Waals surface area contributed by atoms with Crippen LogP contribution in [0.4, 0.5) is 15.4 Å². The zero-order valence-corrected chi connectivity index (χ0v) is 28.4. The van der Waals surface area contributed by atoms with Crippen LogP contribution in [0.25, 0.3) is 33.7 Å². The van der Waals surface area contributed by atoms with E-state index in [0.29, 0.717) is 19.0 Å². The van der Waals surface area contributed by atoms with E-state index in [0.717, 1.165) is 52.3 Å². The first-order valence-electron chi connectivity index (χ1n) is 15.9. The normalized spacial score (nSPS) is 13.8. The minimum atomic E-state index is -0.681. The van der Waals surface area contributed by atoms with Gasteiger partial charge in [-0.05, 0) is 65.3 Å². The maximum atomic E-state index is 13.4. The van der Waals surface area contributed by atoms with Crippen molar-refractivity contribution in [3.63, 3.8) is 0 Å². The van der Waals surface area contributed by atoms with E-state index < -0.39 is 23.4 Å². The number of morpholine rings is 1. The van der Waals surface area contributed by atoms with Crippen LogP contribution in [0.15, 0.2) is 54.9 Å². The third kappa shape index (κ3) is 8.97. The van der Waals surface area contributed by atoms with Crippen LogP contribution in [0.2, 0.25) is 0 Å². The number of fused-ring (bicyclic) bond motifs is 1. The largest absolute Gasteiger partial charge is 0.444 e. The van der Waals surface area contributed by atoms with E-state index in [2.05, 4.69) is 14.9 Å². The Morgan fingerprint density at radius 3 is 2.38 bits per heavy atom. The van der Waals surface area contributed by atoms with E-state index in [4.69, 9.17) is 24.2 Å². The van der Waals surface area contributed by atoms with E-state index in [1.165, 1.54) is 4.90 Å². The minimum absolute atomic E-state index is 0.252. The van der Waals surface area contributed by atoms with Gasteiger partial charge < -0.3 is 33.9 Å². The molecule has 0 spiro atoms. The fourth-order valence-corrected chi connectivity index (χ4v) is 5.13. The summed E-state index contributed by atoms with van der Waals surface area (Å²) in [5.41, 5.74) is 2.88. The number of likely N-dealkylation sites (N-methyl/N-ethyl adjacent to an activating group) is 1. The summed E-state index contributed by atoms with van der Waals surface area (Å²) in [5, 5.41) is 0.940. The summed E-state index contributed by atoms with van der Waals surface area (Å²) < 4.78 is 16.8. The second-order valence-electron chi connectivity index (χ2n) is 13.6. The highest BCUT2D eigenvalue weighted by Crippen LogP contribution is 2.30. The number of carbonyl (C=O) groups excluding carboxylic acids is 2. The standard InChI is InChI=1S/C35H45N7O5/c1-34(2,3)46-32(43)40(7)15-16-42(33(44)47-35(4,5)6)23-24-9-8-10-25(21-24)28-22-29(41-17-19-45-20-18-41)39-31(38-28)27-12-14-37-30-26(27)11-13-36-30/h8-14,21-22H,15-20,23H2,1-7H3,(H,36,37). The molecule has 0 radical (unpaired) electrons. The first kappa shape index (κ1) is 33.6. The molecule has 0 saturated carbocycles. The molecule has 0 aliphatic carbocycles. The number of amides is 2. The van der Waals surface area contributed by atoms with Crippen molar-refractivity contribution >= 4 is 29.0 Å². The van der Waals surface area contributed by atoms with Crippen LogP contribution < -0.4 is 4.90 Å². The van der Waals surface area contributed by atoms with Gasteiger partial charge in [0.25, 0.3) is 0 Å². The molecule has 4 aromatic rings. The molecule has 47 heavy (non-hydrogen) atoms.